The molecule has 1 heterocycles. The van der Waals surface area contributed by atoms with Crippen molar-refractivity contribution in [3.63, 3.8) is 0 Å². The van der Waals surface area contributed by atoms with Crippen LogP contribution >= 0.6 is 0 Å². The number of unbranched alkanes of at least 4 members (excludes halogenated alkanes) is 2. The van der Waals surface area contributed by atoms with Gasteiger partial charge in [0.1, 0.15) is 23.9 Å². The molecule has 0 aliphatic heterocycles. The summed E-state index contributed by atoms with van der Waals surface area (Å²) in [7, 11) is 0. The molecule has 6 nitrogen and oxygen atoms in total. The Morgan fingerprint density at radius 3 is 2.56 bits per heavy atom. The number of fused-ring (bicyclic) bond motifs is 1. The Kier molecular flexibility index (Phi) is 8.98. The highest BCUT2D eigenvalue weighted by Gasteiger charge is 2.11. The van der Waals surface area contributed by atoms with E-state index >= 15 is 0 Å². The molecule has 1 N–H and O–H groups in total. The number of rotatable bonds is 13. The van der Waals surface area contributed by atoms with Gasteiger partial charge in [-0.3, -0.25) is 4.79 Å². The lowest BCUT2D eigenvalue weighted by Gasteiger charge is -2.13. The van der Waals surface area contributed by atoms with Crippen LogP contribution < -0.4 is 14.8 Å². The van der Waals surface area contributed by atoms with Crippen molar-refractivity contribution in [1.29, 1.82) is 0 Å². The number of para-hydroxylation sites is 3. The van der Waals surface area contributed by atoms with E-state index in [2.05, 4.69) is 54.1 Å². The summed E-state index contributed by atoms with van der Waals surface area (Å²) in [6.45, 7) is 6.21. The Bertz CT molecular complexity index is 1270. The second kappa shape index (κ2) is 12.8. The maximum atomic E-state index is 12.0. The van der Waals surface area contributed by atoms with E-state index in [9.17, 15) is 4.79 Å². The fraction of sp³-hybridized carbons (Fsp3) is 0.333. The number of nitrogens with zero attached hydrogens (tertiary/aromatic N) is 2. The molecule has 36 heavy (non-hydrogen) atoms. The number of aryl methyl sites for hydroxylation is 3. The van der Waals surface area contributed by atoms with Gasteiger partial charge in [0.2, 0.25) is 0 Å². The molecule has 0 spiro atoms. The van der Waals surface area contributed by atoms with Gasteiger partial charge in [0.25, 0.3) is 5.91 Å². The molecule has 4 aromatic rings. The van der Waals surface area contributed by atoms with E-state index in [1.54, 1.807) is 0 Å². The normalized spacial score (nSPS) is 10.9. The van der Waals surface area contributed by atoms with Crippen molar-refractivity contribution in [1.82, 2.24) is 14.9 Å². The van der Waals surface area contributed by atoms with Crippen LogP contribution in [0.15, 0.2) is 72.8 Å². The SMILES string of the molecule is Cc1ccc(OCCn2c(CCCCCNC(=O)COc3ccccc3)nc3ccccc32)c(C)c1. The quantitative estimate of drug-likeness (QED) is 0.249. The molecule has 6 heteroatoms. The van der Waals surface area contributed by atoms with Gasteiger partial charge in [-0.05, 0) is 62.6 Å². The zero-order valence-electron chi connectivity index (χ0n) is 21.2. The number of carbonyl (C=O) groups excluding carboxylic acids is 1. The molecule has 1 aromatic heterocycles. The average Bonchev–Trinajstić information content (AvgIpc) is 3.24. The first-order valence-electron chi connectivity index (χ1n) is 12.7. The number of ether oxygens (including phenoxy) is 2. The van der Waals surface area contributed by atoms with E-state index < -0.39 is 0 Å². The van der Waals surface area contributed by atoms with Gasteiger partial charge in [-0.1, -0.05) is 54.4 Å². The number of imidazole rings is 1. The monoisotopic (exact) mass is 485 g/mol. The molecule has 188 valence electrons. The third-order valence-electron chi connectivity index (χ3n) is 6.15. The van der Waals surface area contributed by atoms with Crippen LogP contribution in [0.25, 0.3) is 11.0 Å². The van der Waals surface area contributed by atoms with Gasteiger partial charge in [0, 0.05) is 13.0 Å². The lowest BCUT2D eigenvalue weighted by atomic mass is 10.1. The van der Waals surface area contributed by atoms with Crippen LogP contribution in [0.5, 0.6) is 11.5 Å². The van der Waals surface area contributed by atoms with Crippen LogP contribution in [-0.4, -0.2) is 35.2 Å². The molecule has 0 bridgehead atoms. The van der Waals surface area contributed by atoms with Crippen molar-refractivity contribution in [3.05, 3.63) is 89.7 Å². The lowest BCUT2D eigenvalue weighted by Crippen LogP contribution is -2.29. The second-order valence-electron chi connectivity index (χ2n) is 9.05. The van der Waals surface area contributed by atoms with E-state index in [0.29, 0.717) is 18.9 Å². The molecule has 1 amide bonds. The van der Waals surface area contributed by atoms with Crippen LogP contribution in [-0.2, 0) is 17.8 Å². The Morgan fingerprint density at radius 2 is 1.72 bits per heavy atom. The fourth-order valence-corrected chi connectivity index (χ4v) is 4.30. The van der Waals surface area contributed by atoms with Gasteiger partial charge in [0.15, 0.2) is 6.61 Å². The summed E-state index contributed by atoms with van der Waals surface area (Å²) in [6, 6.07) is 23.9. The van der Waals surface area contributed by atoms with Crippen LogP contribution in [0.1, 0.15) is 36.2 Å². The molecule has 0 atom stereocenters. The highest BCUT2D eigenvalue weighted by atomic mass is 16.5. The number of carbonyl (C=O) groups is 1. The molecule has 0 aliphatic rings. The van der Waals surface area contributed by atoms with Gasteiger partial charge in [-0.15, -0.1) is 0 Å². The summed E-state index contributed by atoms with van der Waals surface area (Å²) in [4.78, 5) is 16.9. The minimum Gasteiger partial charge on any atom is -0.491 e. The predicted octanol–water partition coefficient (Wildman–Crippen LogP) is 5.64. The Labute approximate surface area is 213 Å². The molecular weight excluding hydrogens is 450 g/mol. The molecule has 0 saturated heterocycles. The van der Waals surface area contributed by atoms with Crippen molar-refractivity contribution < 1.29 is 14.3 Å². The molecule has 4 rings (SSSR count). The number of hydrogen-bond donors (Lipinski definition) is 1. The minimum atomic E-state index is -0.0931. The number of hydrogen-bond acceptors (Lipinski definition) is 4. The first-order valence-corrected chi connectivity index (χ1v) is 12.7. The summed E-state index contributed by atoms with van der Waals surface area (Å²) in [5, 5.41) is 2.93. The zero-order valence-corrected chi connectivity index (χ0v) is 21.2. The highest BCUT2D eigenvalue weighted by Crippen LogP contribution is 2.21. The first-order chi connectivity index (χ1) is 17.6. The maximum Gasteiger partial charge on any atom is 0.257 e. The minimum absolute atomic E-state index is 0.0399. The van der Waals surface area contributed by atoms with Crippen molar-refractivity contribution >= 4 is 16.9 Å². The van der Waals surface area contributed by atoms with Crippen LogP contribution in [0.2, 0.25) is 0 Å². The highest BCUT2D eigenvalue weighted by molar-refractivity contribution is 5.77. The van der Waals surface area contributed by atoms with E-state index in [1.165, 1.54) is 5.56 Å². The van der Waals surface area contributed by atoms with E-state index in [0.717, 1.165) is 60.4 Å². The molecule has 0 saturated carbocycles. The summed E-state index contributed by atoms with van der Waals surface area (Å²) in [5.74, 6) is 2.63. The van der Waals surface area contributed by atoms with E-state index in [-0.39, 0.29) is 12.5 Å². The van der Waals surface area contributed by atoms with Crippen LogP contribution in [0, 0.1) is 13.8 Å². The largest absolute Gasteiger partial charge is 0.491 e. The van der Waals surface area contributed by atoms with Crippen LogP contribution in [0.4, 0.5) is 0 Å². The third kappa shape index (κ3) is 7.11. The maximum absolute atomic E-state index is 12.0. The number of amides is 1. The van der Waals surface area contributed by atoms with Gasteiger partial charge < -0.3 is 19.4 Å². The van der Waals surface area contributed by atoms with Crippen molar-refractivity contribution in [2.75, 3.05) is 19.8 Å². The lowest BCUT2D eigenvalue weighted by molar-refractivity contribution is -0.123. The Balaban J connectivity index is 1.22. The van der Waals surface area contributed by atoms with Crippen molar-refractivity contribution in [2.45, 2.75) is 46.1 Å². The standard InChI is InChI=1S/C30H35N3O3/c1-23-16-17-28(24(2)21-23)35-20-19-33-27-14-9-8-13-26(27)32-29(33)15-7-4-10-18-31-30(34)22-36-25-11-5-3-6-12-25/h3,5-6,8-9,11-14,16-17,21H,4,7,10,15,18-20,22H2,1-2H3,(H,31,34). The zero-order chi connectivity index (χ0) is 25.2. The predicted molar refractivity (Wildman–Crippen MR) is 144 cm³/mol. The van der Waals surface area contributed by atoms with Crippen molar-refractivity contribution in [2.24, 2.45) is 0 Å². The molecule has 0 unspecified atom stereocenters. The molecule has 0 fully saturated rings. The number of benzene rings is 3. The summed E-state index contributed by atoms with van der Waals surface area (Å²) < 4.78 is 13.9. The number of nitrogens with one attached hydrogen (secondary N) is 1. The van der Waals surface area contributed by atoms with Gasteiger partial charge in [0.05, 0.1) is 17.6 Å². The summed E-state index contributed by atoms with van der Waals surface area (Å²) >= 11 is 0. The van der Waals surface area contributed by atoms with Gasteiger partial charge >= 0.3 is 0 Å². The van der Waals surface area contributed by atoms with Crippen LogP contribution in [0.3, 0.4) is 0 Å². The van der Waals surface area contributed by atoms with Gasteiger partial charge in [-0.25, -0.2) is 4.98 Å². The Morgan fingerprint density at radius 1 is 0.917 bits per heavy atom. The average molecular weight is 486 g/mol. The number of aromatic nitrogens is 2. The summed E-state index contributed by atoms with van der Waals surface area (Å²) in [6.07, 6.45) is 3.84. The molecule has 0 aliphatic carbocycles. The van der Waals surface area contributed by atoms with E-state index in [4.69, 9.17) is 14.5 Å². The van der Waals surface area contributed by atoms with Gasteiger partial charge in [-0.2, -0.15) is 0 Å². The third-order valence-corrected chi connectivity index (χ3v) is 6.15. The molecule has 3 aromatic carbocycles. The molecule has 0 radical (unpaired) electrons. The smallest absolute Gasteiger partial charge is 0.257 e. The topological polar surface area (TPSA) is 65.4 Å². The van der Waals surface area contributed by atoms with E-state index in [1.807, 2.05) is 42.5 Å². The fourth-order valence-electron chi connectivity index (χ4n) is 4.30. The Hall–Kier alpha value is -3.80. The first kappa shape index (κ1) is 25.3. The second-order valence-corrected chi connectivity index (χ2v) is 9.05. The summed E-state index contributed by atoms with van der Waals surface area (Å²) in [5.41, 5.74) is 4.55. The molecular formula is C30H35N3O3. The van der Waals surface area contributed by atoms with Crippen molar-refractivity contribution in [3.8, 4) is 11.5 Å².